The first kappa shape index (κ1) is 15.6. The fourth-order valence-electron chi connectivity index (χ4n) is 1.64. The molecule has 1 amide bonds. The Hall–Kier alpha value is -2.76. The van der Waals surface area contributed by atoms with Gasteiger partial charge < -0.3 is 19.5 Å². The molecule has 0 saturated heterocycles. The molecule has 1 N–H and O–H groups in total. The summed E-state index contributed by atoms with van der Waals surface area (Å²) in [6, 6.07) is 12.6. The number of amides is 1. The van der Waals surface area contributed by atoms with Crippen LogP contribution in [0.5, 0.6) is 17.4 Å². The minimum absolute atomic E-state index is 0.352. The number of rotatable bonds is 7. The molecular formula is C16H18N2O4. The molecule has 0 fully saturated rings. The van der Waals surface area contributed by atoms with Crippen molar-refractivity contribution in [2.75, 3.05) is 19.8 Å². The number of hydrogen-bond donors (Lipinski definition) is 1. The van der Waals surface area contributed by atoms with Crippen LogP contribution in [0.2, 0.25) is 0 Å². The normalized spacial score (nSPS) is 9.86. The molecule has 2 rings (SSSR count). The van der Waals surface area contributed by atoms with Crippen molar-refractivity contribution < 1.29 is 19.0 Å². The van der Waals surface area contributed by atoms with E-state index in [2.05, 4.69) is 10.3 Å². The summed E-state index contributed by atoms with van der Waals surface area (Å²) in [4.78, 5) is 15.1. The summed E-state index contributed by atoms with van der Waals surface area (Å²) in [7, 11) is 0. The Balaban J connectivity index is 1.74. The zero-order chi connectivity index (χ0) is 15.6. The van der Waals surface area contributed by atoms with Crippen LogP contribution in [-0.2, 0) is 4.74 Å². The molecule has 6 heteroatoms. The molecule has 1 aromatic carbocycles. The SMILES string of the molecule is CCOC(=O)NCCOc1ccc(Oc2ccccn2)cc1. The van der Waals surface area contributed by atoms with E-state index in [4.69, 9.17) is 14.2 Å². The van der Waals surface area contributed by atoms with E-state index in [0.717, 1.165) is 0 Å². The third-order valence-corrected chi connectivity index (χ3v) is 2.60. The van der Waals surface area contributed by atoms with Gasteiger partial charge in [-0.25, -0.2) is 9.78 Å². The summed E-state index contributed by atoms with van der Waals surface area (Å²) in [6.45, 7) is 2.85. The second kappa shape index (κ2) is 8.51. The van der Waals surface area contributed by atoms with Gasteiger partial charge in [0.25, 0.3) is 0 Å². The number of nitrogens with zero attached hydrogens (tertiary/aromatic N) is 1. The predicted molar refractivity (Wildman–Crippen MR) is 81.3 cm³/mol. The van der Waals surface area contributed by atoms with Crippen LogP contribution in [0.4, 0.5) is 4.79 Å². The first-order chi connectivity index (χ1) is 10.8. The van der Waals surface area contributed by atoms with Crippen LogP contribution < -0.4 is 14.8 Å². The van der Waals surface area contributed by atoms with Gasteiger partial charge in [0, 0.05) is 12.3 Å². The molecule has 1 aromatic heterocycles. The van der Waals surface area contributed by atoms with Crippen molar-refractivity contribution >= 4 is 6.09 Å². The Morgan fingerprint density at radius 1 is 1.14 bits per heavy atom. The van der Waals surface area contributed by atoms with Crippen LogP contribution in [0, 0.1) is 0 Å². The second-order valence-corrected chi connectivity index (χ2v) is 4.24. The van der Waals surface area contributed by atoms with E-state index in [1.54, 1.807) is 43.5 Å². The van der Waals surface area contributed by atoms with Gasteiger partial charge in [-0.15, -0.1) is 0 Å². The van der Waals surface area contributed by atoms with E-state index >= 15 is 0 Å². The highest BCUT2D eigenvalue weighted by Crippen LogP contribution is 2.21. The fourth-order valence-corrected chi connectivity index (χ4v) is 1.64. The number of carbonyl (C=O) groups excluding carboxylic acids is 1. The lowest BCUT2D eigenvalue weighted by atomic mass is 10.3. The number of ether oxygens (including phenoxy) is 3. The van der Waals surface area contributed by atoms with E-state index < -0.39 is 6.09 Å². The molecule has 1 heterocycles. The van der Waals surface area contributed by atoms with Gasteiger partial charge in [-0.3, -0.25) is 0 Å². The monoisotopic (exact) mass is 302 g/mol. The van der Waals surface area contributed by atoms with Crippen LogP contribution >= 0.6 is 0 Å². The summed E-state index contributed by atoms with van der Waals surface area (Å²) in [5.74, 6) is 1.91. The molecule has 0 bridgehead atoms. The topological polar surface area (TPSA) is 69.7 Å². The Morgan fingerprint density at radius 2 is 1.91 bits per heavy atom. The van der Waals surface area contributed by atoms with Crippen LogP contribution in [0.15, 0.2) is 48.7 Å². The van der Waals surface area contributed by atoms with Crippen molar-refractivity contribution in [2.45, 2.75) is 6.92 Å². The molecule has 0 unspecified atom stereocenters. The summed E-state index contributed by atoms with van der Waals surface area (Å²) in [6.07, 6.45) is 1.23. The van der Waals surface area contributed by atoms with Crippen LogP contribution in [0.3, 0.4) is 0 Å². The van der Waals surface area contributed by atoms with E-state index in [0.29, 0.717) is 37.1 Å². The van der Waals surface area contributed by atoms with Crippen molar-refractivity contribution in [2.24, 2.45) is 0 Å². The molecule has 0 saturated carbocycles. The quantitative estimate of drug-likeness (QED) is 0.796. The maximum Gasteiger partial charge on any atom is 0.407 e. The van der Waals surface area contributed by atoms with Gasteiger partial charge in [-0.1, -0.05) is 6.07 Å². The molecule has 0 atom stereocenters. The van der Waals surface area contributed by atoms with Gasteiger partial charge in [0.1, 0.15) is 18.1 Å². The molecule has 6 nitrogen and oxygen atoms in total. The van der Waals surface area contributed by atoms with Crippen LogP contribution in [-0.4, -0.2) is 30.8 Å². The molecule has 2 aromatic rings. The van der Waals surface area contributed by atoms with Crippen LogP contribution in [0.25, 0.3) is 0 Å². The summed E-state index contributed by atoms with van der Waals surface area (Å²) < 4.78 is 15.8. The van der Waals surface area contributed by atoms with Gasteiger partial charge in [0.2, 0.25) is 5.88 Å². The molecule has 0 radical (unpaired) electrons. The van der Waals surface area contributed by atoms with Crippen LogP contribution in [0.1, 0.15) is 6.92 Å². The Labute approximate surface area is 129 Å². The Morgan fingerprint density at radius 3 is 2.59 bits per heavy atom. The highest BCUT2D eigenvalue weighted by Gasteiger charge is 2.01. The Bertz CT molecular complexity index is 572. The highest BCUT2D eigenvalue weighted by molar-refractivity contribution is 5.66. The number of carbonyl (C=O) groups is 1. The maximum atomic E-state index is 11.1. The summed E-state index contributed by atoms with van der Waals surface area (Å²) in [5.41, 5.74) is 0. The number of nitrogens with one attached hydrogen (secondary N) is 1. The van der Waals surface area contributed by atoms with E-state index in [1.807, 2.05) is 12.1 Å². The lowest BCUT2D eigenvalue weighted by molar-refractivity contribution is 0.150. The number of hydrogen-bond acceptors (Lipinski definition) is 5. The third-order valence-electron chi connectivity index (χ3n) is 2.60. The molecule has 0 aliphatic rings. The zero-order valence-corrected chi connectivity index (χ0v) is 12.3. The lowest BCUT2D eigenvalue weighted by Crippen LogP contribution is -2.28. The average molecular weight is 302 g/mol. The second-order valence-electron chi connectivity index (χ2n) is 4.24. The number of aromatic nitrogens is 1. The molecule has 22 heavy (non-hydrogen) atoms. The van der Waals surface area contributed by atoms with Gasteiger partial charge in [-0.05, 0) is 37.3 Å². The van der Waals surface area contributed by atoms with Crippen molar-refractivity contribution in [1.29, 1.82) is 0 Å². The van der Waals surface area contributed by atoms with Crippen molar-refractivity contribution in [3.05, 3.63) is 48.7 Å². The fraction of sp³-hybridized carbons (Fsp3) is 0.250. The smallest absolute Gasteiger partial charge is 0.407 e. The van der Waals surface area contributed by atoms with E-state index in [9.17, 15) is 4.79 Å². The van der Waals surface area contributed by atoms with Crippen molar-refractivity contribution in [3.63, 3.8) is 0 Å². The third kappa shape index (κ3) is 5.32. The molecule has 116 valence electrons. The minimum Gasteiger partial charge on any atom is -0.492 e. The molecule has 0 spiro atoms. The largest absolute Gasteiger partial charge is 0.492 e. The predicted octanol–water partition coefficient (Wildman–Crippen LogP) is 3.00. The van der Waals surface area contributed by atoms with Crippen molar-refractivity contribution in [3.8, 4) is 17.4 Å². The molecular weight excluding hydrogens is 284 g/mol. The minimum atomic E-state index is -0.440. The molecule has 0 aliphatic heterocycles. The highest BCUT2D eigenvalue weighted by atomic mass is 16.5. The van der Waals surface area contributed by atoms with Gasteiger partial charge in [-0.2, -0.15) is 0 Å². The van der Waals surface area contributed by atoms with E-state index in [-0.39, 0.29) is 0 Å². The van der Waals surface area contributed by atoms with Gasteiger partial charge in [0.05, 0.1) is 13.2 Å². The number of benzene rings is 1. The lowest BCUT2D eigenvalue weighted by Gasteiger charge is -2.09. The number of pyridine rings is 1. The summed E-state index contributed by atoms with van der Waals surface area (Å²) >= 11 is 0. The van der Waals surface area contributed by atoms with Gasteiger partial charge >= 0.3 is 6.09 Å². The number of alkyl carbamates (subject to hydrolysis) is 1. The summed E-state index contributed by atoms with van der Waals surface area (Å²) in [5, 5.41) is 2.58. The zero-order valence-electron chi connectivity index (χ0n) is 12.3. The maximum absolute atomic E-state index is 11.1. The van der Waals surface area contributed by atoms with Crippen molar-refractivity contribution in [1.82, 2.24) is 10.3 Å². The molecule has 0 aliphatic carbocycles. The first-order valence-corrected chi connectivity index (χ1v) is 7.00. The first-order valence-electron chi connectivity index (χ1n) is 7.00. The standard InChI is InChI=1S/C16H18N2O4/c1-2-20-16(19)18-11-12-21-13-6-8-14(9-7-13)22-15-5-3-4-10-17-15/h3-10H,2,11-12H2,1H3,(H,18,19). The average Bonchev–Trinajstić information content (AvgIpc) is 2.54. The Kier molecular flexibility index (Phi) is 6.04. The van der Waals surface area contributed by atoms with Gasteiger partial charge in [0.15, 0.2) is 0 Å². The van der Waals surface area contributed by atoms with E-state index in [1.165, 1.54) is 0 Å².